The molecule has 0 unspecified atom stereocenters. The maximum atomic E-state index is 12.8. The first-order valence-corrected chi connectivity index (χ1v) is 9.92. The predicted octanol–water partition coefficient (Wildman–Crippen LogP) is 2.84. The van der Waals surface area contributed by atoms with Gasteiger partial charge < -0.3 is 15.0 Å². The summed E-state index contributed by atoms with van der Waals surface area (Å²) in [4.78, 5) is 18.7. The quantitative estimate of drug-likeness (QED) is 0.633. The van der Waals surface area contributed by atoms with Crippen molar-refractivity contribution in [3.63, 3.8) is 0 Å². The smallest absolute Gasteiger partial charge is 0.388 e. The number of nitrogens with one attached hydrogen (secondary N) is 1. The topological polar surface area (TPSA) is 96.1 Å². The zero-order valence-corrected chi connectivity index (χ0v) is 16.3. The molecular formula is C21H18F2N6O2. The van der Waals surface area contributed by atoms with Crippen LogP contribution >= 0.6 is 0 Å². The Labute approximate surface area is 176 Å². The number of hydrogen-bond donors (Lipinski definition) is 1. The summed E-state index contributed by atoms with van der Waals surface area (Å²) in [6.07, 6.45) is 6.52. The minimum absolute atomic E-state index is 0.0360. The highest BCUT2D eigenvalue weighted by molar-refractivity contribution is 5.98. The van der Waals surface area contributed by atoms with Gasteiger partial charge in [0, 0.05) is 23.1 Å². The van der Waals surface area contributed by atoms with Crippen molar-refractivity contribution in [1.82, 2.24) is 25.0 Å². The SMILES string of the molecule is N#CN1[C@H]2CC[C@@H]1[C@H](NC(=O)c1ccc3c(cnn3-c3cccc(OC(F)F)n3)c1)C2. The van der Waals surface area contributed by atoms with Crippen molar-refractivity contribution < 1.29 is 18.3 Å². The fraction of sp³-hybridized carbons (Fsp3) is 0.333. The molecule has 2 aliphatic rings. The van der Waals surface area contributed by atoms with Gasteiger partial charge in [0.15, 0.2) is 12.0 Å². The molecule has 1 N–H and O–H groups in total. The maximum Gasteiger partial charge on any atom is 0.388 e. The number of ether oxygens (including phenoxy) is 1. The van der Waals surface area contributed by atoms with Crippen molar-refractivity contribution in [2.24, 2.45) is 0 Å². The molecular weight excluding hydrogens is 406 g/mol. The summed E-state index contributed by atoms with van der Waals surface area (Å²) in [5.41, 5.74) is 1.16. The molecule has 2 bridgehead atoms. The molecule has 8 nitrogen and oxygen atoms in total. The first-order chi connectivity index (χ1) is 15.0. The second-order valence-corrected chi connectivity index (χ2v) is 7.66. The number of halogens is 2. The summed E-state index contributed by atoms with van der Waals surface area (Å²) >= 11 is 0. The number of carbonyl (C=O) groups is 1. The van der Waals surface area contributed by atoms with Crippen LogP contribution in [0.4, 0.5) is 8.78 Å². The first kappa shape index (κ1) is 19.2. The van der Waals surface area contributed by atoms with Crippen molar-refractivity contribution in [2.45, 2.75) is 44.0 Å². The summed E-state index contributed by atoms with van der Waals surface area (Å²) in [7, 11) is 0. The molecule has 2 aromatic heterocycles. The van der Waals surface area contributed by atoms with E-state index in [0.29, 0.717) is 22.3 Å². The van der Waals surface area contributed by atoms with Crippen LogP contribution < -0.4 is 10.1 Å². The van der Waals surface area contributed by atoms with E-state index >= 15 is 0 Å². The van der Waals surface area contributed by atoms with Crippen molar-refractivity contribution in [1.29, 1.82) is 5.26 Å². The molecule has 4 heterocycles. The van der Waals surface area contributed by atoms with E-state index in [4.69, 9.17) is 0 Å². The van der Waals surface area contributed by atoms with Crippen LogP contribution in [-0.2, 0) is 0 Å². The van der Waals surface area contributed by atoms with Gasteiger partial charge in [-0.05, 0) is 43.5 Å². The molecule has 3 atom stereocenters. The number of alkyl halides is 2. The fourth-order valence-corrected chi connectivity index (χ4v) is 4.59. The molecule has 0 saturated carbocycles. The van der Waals surface area contributed by atoms with Crippen LogP contribution in [0.1, 0.15) is 29.6 Å². The molecule has 1 aromatic carbocycles. The Morgan fingerprint density at radius 3 is 2.94 bits per heavy atom. The standard InChI is InChI=1S/C21H18F2N6O2/c22-21(23)31-19-3-1-2-18(27-19)29-16-6-4-12(8-13(16)10-25-29)20(30)26-15-9-14-5-7-17(15)28(14)11-24/h1-4,6,8,10,14-15,17,21H,5,7,9H2,(H,26,30)/t14-,15+,17+/m0/s1. The molecule has 3 aromatic rings. The van der Waals surface area contributed by atoms with Crippen LogP contribution in [-0.4, -0.2) is 50.3 Å². The van der Waals surface area contributed by atoms with Gasteiger partial charge in [-0.1, -0.05) is 6.07 Å². The van der Waals surface area contributed by atoms with Crippen LogP contribution in [0.25, 0.3) is 16.7 Å². The van der Waals surface area contributed by atoms with E-state index in [1.807, 2.05) is 0 Å². The van der Waals surface area contributed by atoms with Crippen molar-refractivity contribution in [3.05, 3.63) is 48.2 Å². The average molecular weight is 424 g/mol. The van der Waals surface area contributed by atoms with Crippen LogP contribution in [0.2, 0.25) is 0 Å². The van der Waals surface area contributed by atoms with E-state index in [9.17, 15) is 18.8 Å². The lowest BCUT2D eigenvalue weighted by atomic mass is 9.95. The first-order valence-electron chi connectivity index (χ1n) is 9.92. The number of fused-ring (bicyclic) bond motifs is 3. The van der Waals surface area contributed by atoms with Gasteiger partial charge in [-0.15, -0.1) is 0 Å². The highest BCUT2D eigenvalue weighted by Crippen LogP contribution is 2.37. The van der Waals surface area contributed by atoms with Crippen LogP contribution in [0.15, 0.2) is 42.6 Å². The molecule has 1 amide bonds. The molecule has 2 fully saturated rings. The van der Waals surface area contributed by atoms with Gasteiger partial charge in [0.25, 0.3) is 5.91 Å². The second kappa shape index (κ2) is 7.50. The van der Waals surface area contributed by atoms with Crippen molar-refractivity contribution in [3.8, 4) is 17.9 Å². The molecule has 31 heavy (non-hydrogen) atoms. The van der Waals surface area contributed by atoms with E-state index in [1.165, 1.54) is 10.7 Å². The molecule has 2 aliphatic heterocycles. The number of pyridine rings is 1. The van der Waals surface area contributed by atoms with Gasteiger partial charge in [-0.2, -0.15) is 24.1 Å². The van der Waals surface area contributed by atoms with Gasteiger partial charge in [0.1, 0.15) is 0 Å². The van der Waals surface area contributed by atoms with E-state index < -0.39 is 6.61 Å². The third kappa shape index (κ3) is 3.42. The molecule has 2 saturated heterocycles. The van der Waals surface area contributed by atoms with Crippen LogP contribution in [0.5, 0.6) is 5.88 Å². The fourth-order valence-electron chi connectivity index (χ4n) is 4.59. The molecule has 10 heteroatoms. The average Bonchev–Trinajstić information content (AvgIpc) is 3.45. The normalized spacial score (nSPS) is 22.1. The highest BCUT2D eigenvalue weighted by Gasteiger charge is 2.46. The Kier molecular flexibility index (Phi) is 4.66. The number of benzene rings is 1. The second-order valence-electron chi connectivity index (χ2n) is 7.66. The van der Waals surface area contributed by atoms with Crippen LogP contribution in [0.3, 0.4) is 0 Å². The Bertz CT molecular complexity index is 1190. The van der Waals surface area contributed by atoms with Gasteiger partial charge in [0.05, 0.1) is 23.8 Å². The Hall–Kier alpha value is -3.74. The van der Waals surface area contributed by atoms with Crippen molar-refractivity contribution >= 4 is 16.8 Å². The monoisotopic (exact) mass is 424 g/mol. The molecule has 158 valence electrons. The number of amides is 1. The summed E-state index contributed by atoms with van der Waals surface area (Å²) < 4.78 is 30.8. The number of nitrogens with zero attached hydrogens (tertiary/aromatic N) is 5. The van der Waals surface area contributed by atoms with Gasteiger partial charge in [0.2, 0.25) is 5.88 Å². The Morgan fingerprint density at radius 2 is 2.16 bits per heavy atom. The number of carbonyl (C=O) groups excluding carboxylic acids is 1. The summed E-state index contributed by atoms with van der Waals surface area (Å²) in [6, 6.07) is 9.92. The zero-order chi connectivity index (χ0) is 21.5. The molecule has 0 aliphatic carbocycles. The Morgan fingerprint density at radius 1 is 1.29 bits per heavy atom. The van der Waals surface area contributed by atoms with E-state index in [2.05, 4.69) is 26.3 Å². The van der Waals surface area contributed by atoms with Gasteiger partial charge in [-0.3, -0.25) is 4.79 Å². The van der Waals surface area contributed by atoms with E-state index in [0.717, 1.165) is 19.3 Å². The summed E-state index contributed by atoms with van der Waals surface area (Å²) in [5, 5.41) is 17.3. The van der Waals surface area contributed by atoms with Crippen molar-refractivity contribution in [2.75, 3.05) is 0 Å². The third-order valence-electron chi connectivity index (χ3n) is 5.93. The molecule has 0 radical (unpaired) electrons. The minimum atomic E-state index is -2.96. The molecule has 0 spiro atoms. The van der Waals surface area contributed by atoms with Gasteiger partial charge >= 0.3 is 6.61 Å². The highest BCUT2D eigenvalue weighted by atomic mass is 19.3. The number of hydrogen-bond acceptors (Lipinski definition) is 6. The number of nitriles is 1. The maximum absolute atomic E-state index is 12.8. The molecule has 5 rings (SSSR count). The summed E-state index contributed by atoms with van der Waals surface area (Å²) in [6.45, 7) is -2.96. The zero-order valence-electron chi connectivity index (χ0n) is 16.3. The van der Waals surface area contributed by atoms with E-state index in [-0.39, 0.29) is 29.9 Å². The largest absolute Gasteiger partial charge is 0.417 e. The lowest BCUT2D eigenvalue weighted by Gasteiger charge is -2.21. The minimum Gasteiger partial charge on any atom is -0.417 e. The van der Waals surface area contributed by atoms with Crippen LogP contribution in [0, 0.1) is 11.5 Å². The number of rotatable bonds is 5. The summed E-state index contributed by atoms with van der Waals surface area (Å²) in [5.74, 6) is -0.0797. The van der Waals surface area contributed by atoms with E-state index in [1.54, 1.807) is 41.4 Å². The Balaban J connectivity index is 1.36. The van der Waals surface area contributed by atoms with Gasteiger partial charge in [-0.25, -0.2) is 4.68 Å². The lowest BCUT2D eigenvalue weighted by molar-refractivity contribution is -0.0528. The predicted molar refractivity (Wildman–Crippen MR) is 106 cm³/mol. The third-order valence-corrected chi connectivity index (χ3v) is 5.93. The number of aromatic nitrogens is 3. The lowest BCUT2D eigenvalue weighted by Crippen LogP contribution is -2.43.